The first-order valence-corrected chi connectivity index (χ1v) is 8.16. The maximum absolute atomic E-state index is 13.4. The van der Waals surface area contributed by atoms with Crippen molar-refractivity contribution in [3.63, 3.8) is 0 Å². The highest BCUT2D eigenvalue weighted by Crippen LogP contribution is 2.15. The van der Waals surface area contributed by atoms with Crippen molar-refractivity contribution < 1.29 is 12.8 Å². The molecule has 0 aliphatic carbocycles. The van der Waals surface area contributed by atoms with Crippen LogP contribution in [0.5, 0.6) is 0 Å². The Morgan fingerprint density at radius 1 is 1.39 bits per heavy atom. The van der Waals surface area contributed by atoms with Crippen LogP contribution in [0.15, 0.2) is 22.7 Å². The molecule has 18 heavy (non-hydrogen) atoms. The first-order chi connectivity index (χ1) is 8.30. The summed E-state index contributed by atoms with van der Waals surface area (Å²) in [5, 5.41) is 0. The van der Waals surface area contributed by atoms with E-state index in [1.165, 1.54) is 6.07 Å². The van der Waals surface area contributed by atoms with E-state index in [1.807, 2.05) is 13.8 Å². The van der Waals surface area contributed by atoms with Gasteiger partial charge in [-0.2, -0.15) is 0 Å². The zero-order valence-corrected chi connectivity index (χ0v) is 12.8. The lowest BCUT2D eigenvalue weighted by Gasteiger charge is -2.09. The van der Waals surface area contributed by atoms with E-state index in [0.29, 0.717) is 17.9 Å². The maximum atomic E-state index is 13.4. The molecule has 0 bridgehead atoms. The Morgan fingerprint density at radius 3 is 2.67 bits per heavy atom. The van der Waals surface area contributed by atoms with Gasteiger partial charge in [-0.3, -0.25) is 0 Å². The Kier molecular flexibility index (Phi) is 5.75. The van der Waals surface area contributed by atoms with E-state index < -0.39 is 15.8 Å². The Hall–Kier alpha value is -0.460. The molecule has 0 aromatic heterocycles. The van der Waals surface area contributed by atoms with Gasteiger partial charge >= 0.3 is 0 Å². The van der Waals surface area contributed by atoms with E-state index in [-0.39, 0.29) is 12.3 Å². The molecule has 0 aliphatic rings. The van der Waals surface area contributed by atoms with Crippen LogP contribution in [0.1, 0.15) is 25.8 Å². The Balaban J connectivity index is 2.61. The molecule has 1 aromatic rings. The predicted octanol–water partition coefficient (Wildman–Crippen LogP) is 3.05. The molecule has 6 heteroatoms. The molecule has 1 rings (SSSR count). The molecular formula is C12H17BrFNO2S. The SMILES string of the molecule is CC(C)CCS(=O)(=O)NCc1cc(Br)ccc1F. The fourth-order valence-corrected chi connectivity index (χ4v) is 3.04. The van der Waals surface area contributed by atoms with E-state index in [1.54, 1.807) is 12.1 Å². The summed E-state index contributed by atoms with van der Waals surface area (Å²) in [6, 6.07) is 4.45. The molecule has 1 N–H and O–H groups in total. The zero-order valence-electron chi connectivity index (χ0n) is 10.4. The molecule has 0 radical (unpaired) electrons. The number of nitrogens with one attached hydrogen (secondary N) is 1. The molecule has 0 aliphatic heterocycles. The van der Waals surface area contributed by atoms with E-state index in [2.05, 4.69) is 20.7 Å². The second kappa shape index (κ2) is 6.63. The molecule has 0 atom stereocenters. The van der Waals surface area contributed by atoms with Gasteiger partial charge in [0.15, 0.2) is 0 Å². The summed E-state index contributed by atoms with van der Waals surface area (Å²) in [6.07, 6.45) is 0.594. The molecule has 0 saturated heterocycles. The van der Waals surface area contributed by atoms with Crippen LogP contribution in [0.3, 0.4) is 0 Å². The van der Waals surface area contributed by atoms with Crippen molar-refractivity contribution in [3.05, 3.63) is 34.1 Å². The van der Waals surface area contributed by atoms with E-state index in [4.69, 9.17) is 0 Å². The molecule has 0 amide bonds. The fourth-order valence-electron chi connectivity index (χ4n) is 1.33. The molecule has 0 fully saturated rings. The maximum Gasteiger partial charge on any atom is 0.211 e. The van der Waals surface area contributed by atoms with Crippen molar-refractivity contribution in [1.29, 1.82) is 0 Å². The third kappa shape index (κ3) is 5.46. The van der Waals surface area contributed by atoms with Crippen LogP contribution in [0.25, 0.3) is 0 Å². The smallest absolute Gasteiger partial charge is 0.211 e. The summed E-state index contributed by atoms with van der Waals surface area (Å²) >= 11 is 3.22. The summed E-state index contributed by atoms with van der Waals surface area (Å²) in [6.45, 7) is 3.90. The highest BCUT2D eigenvalue weighted by atomic mass is 79.9. The van der Waals surface area contributed by atoms with Crippen LogP contribution < -0.4 is 4.72 Å². The molecule has 0 saturated carbocycles. The van der Waals surface area contributed by atoms with Crippen molar-refractivity contribution in [3.8, 4) is 0 Å². The Bertz CT molecular complexity index is 503. The van der Waals surface area contributed by atoms with Crippen molar-refractivity contribution in [2.45, 2.75) is 26.8 Å². The van der Waals surface area contributed by atoms with Gasteiger partial charge in [-0.05, 0) is 30.5 Å². The highest BCUT2D eigenvalue weighted by Gasteiger charge is 2.12. The van der Waals surface area contributed by atoms with E-state index >= 15 is 0 Å². The minimum Gasteiger partial charge on any atom is -0.212 e. The van der Waals surface area contributed by atoms with Crippen LogP contribution in [0, 0.1) is 11.7 Å². The summed E-state index contributed by atoms with van der Waals surface area (Å²) < 4.78 is 39.9. The Labute approximate surface area is 116 Å². The van der Waals surface area contributed by atoms with Gasteiger partial charge in [-0.25, -0.2) is 17.5 Å². The number of rotatable bonds is 6. The van der Waals surface area contributed by atoms with Crippen LogP contribution in [-0.2, 0) is 16.6 Å². The largest absolute Gasteiger partial charge is 0.212 e. The van der Waals surface area contributed by atoms with Crippen LogP contribution in [0.2, 0.25) is 0 Å². The second-order valence-electron chi connectivity index (χ2n) is 4.56. The van der Waals surface area contributed by atoms with Gasteiger partial charge in [0.2, 0.25) is 10.0 Å². The number of benzene rings is 1. The molecule has 0 unspecified atom stereocenters. The van der Waals surface area contributed by atoms with Gasteiger partial charge in [0.05, 0.1) is 5.75 Å². The van der Waals surface area contributed by atoms with Gasteiger partial charge in [0, 0.05) is 16.6 Å². The minimum absolute atomic E-state index is 0.0221. The van der Waals surface area contributed by atoms with Crippen molar-refractivity contribution >= 4 is 26.0 Å². The van der Waals surface area contributed by atoms with Gasteiger partial charge in [-0.15, -0.1) is 0 Å². The number of hydrogen-bond donors (Lipinski definition) is 1. The quantitative estimate of drug-likeness (QED) is 0.867. The van der Waals surface area contributed by atoms with Gasteiger partial charge in [0.25, 0.3) is 0 Å². The summed E-state index contributed by atoms with van der Waals surface area (Å²) in [7, 11) is -3.34. The summed E-state index contributed by atoms with van der Waals surface area (Å²) in [4.78, 5) is 0. The molecule has 102 valence electrons. The molecule has 1 aromatic carbocycles. The normalized spacial score (nSPS) is 12.1. The first-order valence-electron chi connectivity index (χ1n) is 5.71. The third-order valence-corrected chi connectivity index (χ3v) is 4.30. The molecule has 3 nitrogen and oxygen atoms in total. The highest BCUT2D eigenvalue weighted by molar-refractivity contribution is 9.10. The van der Waals surface area contributed by atoms with Crippen LogP contribution >= 0.6 is 15.9 Å². The Morgan fingerprint density at radius 2 is 2.06 bits per heavy atom. The fraction of sp³-hybridized carbons (Fsp3) is 0.500. The monoisotopic (exact) mass is 337 g/mol. The standard InChI is InChI=1S/C12H17BrFNO2S/c1-9(2)5-6-18(16,17)15-8-10-7-11(13)3-4-12(10)14/h3-4,7,9,15H,5-6,8H2,1-2H3. The lowest BCUT2D eigenvalue weighted by molar-refractivity contribution is 0.557. The van der Waals surface area contributed by atoms with Crippen LogP contribution in [0.4, 0.5) is 4.39 Å². The number of sulfonamides is 1. The number of hydrogen-bond acceptors (Lipinski definition) is 2. The lowest BCUT2D eigenvalue weighted by atomic mass is 10.2. The average Bonchev–Trinajstić information content (AvgIpc) is 2.28. The predicted molar refractivity (Wildman–Crippen MR) is 74.2 cm³/mol. The average molecular weight is 338 g/mol. The van der Waals surface area contributed by atoms with Crippen molar-refractivity contribution in [1.82, 2.24) is 4.72 Å². The van der Waals surface area contributed by atoms with Crippen molar-refractivity contribution in [2.75, 3.05) is 5.75 Å². The topological polar surface area (TPSA) is 46.2 Å². The molecule has 0 heterocycles. The van der Waals surface area contributed by atoms with Gasteiger partial charge < -0.3 is 0 Å². The second-order valence-corrected chi connectivity index (χ2v) is 7.40. The molecular weight excluding hydrogens is 321 g/mol. The zero-order chi connectivity index (χ0) is 13.8. The van der Waals surface area contributed by atoms with Crippen LogP contribution in [-0.4, -0.2) is 14.2 Å². The third-order valence-electron chi connectivity index (χ3n) is 2.45. The summed E-state index contributed by atoms with van der Waals surface area (Å²) in [5.74, 6) is -0.0192. The van der Waals surface area contributed by atoms with E-state index in [0.717, 1.165) is 4.47 Å². The summed E-state index contributed by atoms with van der Waals surface area (Å²) in [5.41, 5.74) is 0.331. The first kappa shape index (κ1) is 15.6. The van der Waals surface area contributed by atoms with E-state index in [9.17, 15) is 12.8 Å². The van der Waals surface area contributed by atoms with Gasteiger partial charge in [-0.1, -0.05) is 29.8 Å². The van der Waals surface area contributed by atoms with Crippen molar-refractivity contribution in [2.24, 2.45) is 5.92 Å². The molecule has 0 spiro atoms. The van der Waals surface area contributed by atoms with Gasteiger partial charge in [0.1, 0.15) is 5.82 Å². The number of halogens is 2. The minimum atomic E-state index is -3.34. The lowest BCUT2D eigenvalue weighted by Crippen LogP contribution is -2.27.